The molecule has 1 unspecified atom stereocenters. The molecule has 40 heavy (non-hydrogen) atoms. The first-order valence-corrected chi connectivity index (χ1v) is 10.7. The highest BCUT2D eigenvalue weighted by atomic mass is 19.4. The number of aryl methyl sites for hydroxylation is 1. The number of nitrogens with zero attached hydrogens (tertiary/aromatic N) is 2. The van der Waals surface area contributed by atoms with E-state index in [9.17, 15) is 36.2 Å². The van der Waals surface area contributed by atoms with Gasteiger partial charge in [0.25, 0.3) is 0 Å². The highest BCUT2D eigenvalue weighted by Gasteiger charge is 2.38. The Morgan fingerprint density at radius 1 is 0.875 bits per heavy atom. The lowest BCUT2D eigenvalue weighted by molar-refractivity contribution is -0.193. The smallest absolute Gasteiger partial charge is 0.481 e. The summed E-state index contributed by atoms with van der Waals surface area (Å²) >= 11 is 0. The number of alkyl halides is 6. The molecule has 0 bridgehead atoms. The van der Waals surface area contributed by atoms with Crippen LogP contribution < -0.4 is 17.0 Å². The van der Waals surface area contributed by atoms with Crippen LogP contribution in [0.5, 0.6) is 0 Å². The van der Waals surface area contributed by atoms with Gasteiger partial charge in [0, 0.05) is 5.69 Å². The molecule has 0 spiro atoms. The summed E-state index contributed by atoms with van der Waals surface area (Å²) in [5.74, 6) is 3.85. The van der Waals surface area contributed by atoms with E-state index in [0.29, 0.717) is 0 Å². The summed E-state index contributed by atoms with van der Waals surface area (Å²) in [7, 11) is 0. The molecule has 0 aliphatic rings. The Morgan fingerprint density at radius 3 is 1.82 bits per heavy atom. The molecule has 8 N–H and O–H groups in total. The molecule has 0 saturated heterocycles. The SMILES string of the molecule is NN=CNc1ccc(CCC(CC(=O)O)c2cccc(C=NN)c2)cc1.O=C(O)C(F)(F)F.O=C(O)C(F)(F)F. The van der Waals surface area contributed by atoms with E-state index in [1.165, 1.54) is 6.34 Å². The molecule has 0 heterocycles. The van der Waals surface area contributed by atoms with E-state index >= 15 is 0 Å². The molecule has 2 aromatic carbocycles. The molecule has 17 heteroatoms. The van der Waals surface area contributed by atoms with E-state index in [-0.39, 0.29) is 12.3 Å². The van der Waals surface area contributed by atoms with Crippen molar-refractivity contribution >= 4 is 36.1 Å². The summed E-state index contributed by atoms with van der Waals surface area (Å²) in [5.41, 5.74) is 3.86. The second-order valence-electron chi connectivity index (χ2n) is 7.51. The third-order valence-electron chi connectivity index (χ3n) is 4.55. The molecular formula is C23H25F6N5O6. The third kappa shape index (κ3) is 15.4. The van der Waals surface area contributed by atoms with Crippen LogP contribution >= 0.6 is 0 Å². The molecule has 0 fully saturated rings. The molecule has 0 aliphatic heterocycles. The maximum atomic E-state index is 11.3. The Balaban J connectivity index is 0.000000894. The van der Waals surface area contributed by atoms with Crippen molar-refractivity contribution in [2.75, 3.05) is 5.32 Å². The number of rotatable bonds is 9. The van der Waals surface area contributed by atoms with Gasteiger partial charge in [-0.05, 0) is 53.6 Å². The topological polar surface area (TPSA) is 201 Å². The molecule has 2 rings (SSSR count). The first-order chi connectivity index (χ1) is 18.5. The number of hydrazone groups is 2. The van der Waals surface area contributed by atoms with E-state index in [1.807, 2.05) is 48.5 Å². The zero-order valence-electron chi connectivity index (χ0n) is 20.4. The predicted molar refractivity (Wildman–Crippen MR) is 132 cm³/mol. The van der Waals surface area contributed by atoms with Crippen molar-refractivity contribution in [2.45, 2.75) is 37.5 Å². The van der Waals surface area contributed by atoms with Crippen molar-refractivity contribution in [3.05, 3.63) is 65.2 Å². The van der Waals surface area contributed by atoms with Gasteiger partial charge < -0.3 is 32.3 Å². The predicted octanol–water partition coefficient (Wildman–Crippen LogP) is 3.75. The van der Waals surface area contributed by atoms with E-state index in [2.05, 4.69) is 15.5 Å². The highest BCUT2D eigenvalue weighted by molar-refractivity contribution is 5.79. The summed E-state index contributed by atoms with van der Waals surface area (Å²) in [6.07, 6.45) is -5.62. The van der Waals surface area contributed by atoms with Gasteiger partial charge in [0.2, 0.25) is 0 Å². The number of carboxylic acids is 3. The Labute approximate surface area is 222 Å². The molecule has 0 aliphatic carbocycles. The number of halogens is 6. The standard InChI is InChI=1S/C19H23N5O2.2C2HF3O2/c20-23-12-15-2-1-3-16(10-15)17(11-19(25)26)7-4-14-5-8-18(9-6-14)22-13-24-21;2*3-2(4,5)1(6)7/h1-3,5-6,8-10,12-13,17H,4,7,11,20-21H2,(H,22,24)(H,25,26);2*(H,6,7). The molecule has 11 nitrogen and oxygen atoms in total. The van der Waals surface area contributed by atoms with E-state index in [1.54, 1.807) is 6.21 Å². The summed E-state index contributed by atoms with van der Waals surface area (Å²) in [5, 5.41) is 33.4. The van der Waals surface area contributed by atoms with Crippen LogP contribution in [0.3, 0.4) is 0 Å². The molecule has 0 aromatic heterocycles. The summed E-state index contributed by atoms with van der Waals surface area (Å²) in [4.78, 5) is 29.1. The van der Waals surface area contributed by atoms with Gasteiger partial charge in [-0.3, -0.25) is 4.79 Å². The number of hydrogen-bond acceptors (Lipinski definition) is 7. The van der Waals surface area contributed by atoms with Crippen molar-refractivity contribution in [3.8, 4) is 0 Å². The van der Waals surface area contributed by atoms with Crippen LogP contribution in [0.1, 0.15) is 35.4 Å². The van der Waals surface area contributed by atoms with Crippen molar-refractivity contribution in [1.82, 2.24) is 0 Å². The van der Waals surface area contributed by atoms with Crippen LogP contribution in [-0.4, -0.2) is 58.1 Å². The number of nitrogens with one attached hydrogen (secondary N) is 1. The first-order valence-electron chi connectivity index (χ1n) is 10.7. The van der Waals surface area contributed by atoms with Crippen molar-refractivity contribution in [3.63, 3.8) is 0 Å². The maximum absolute atomic E-state index is 11.3. The van der Waals surface area contributed by atoms with Crippen molar-refractivity contribution in [2.24, 2.45) is 21.9 Å². The molecular weight excluding hydrogens is 556 g/mol. The number of carboxylic acid groups (broad SMARTS) is 3. The number of benzene rings is 2. The fraction of sp³-hybridized carbons (Fsp3) is 0.261. The summed E-state index contributed by atoms with van der Waals surface area (Å²) < 4.78 is 63.5. The van der Waals surface area contributed by atoms with Crippen LogP contribution in [0.15, 0.2) is 58.7 Å². The first kappa shape index (κ1) is 35.2. The van der Waals surface area contributed by atoms with Gasteiger partial charge in [0.15, 0.2) is 0 Å². The number of aliphatic carboxylic acids is 3. The van der Waals surface area contributed by atoms with Crippen molar-refractivity contribution in [1.29, 1.82) is 0 Å². The lowest BCUT2D eigenvalue weighted by Gasteiger charge is -2.16. The second kappa shape index (κ2) is 16.9. The molecule has 0 saturated carbocycles. The minimum absolute atomic E-state index is 0.0792. The van der Waals surface area contributed by atoms with Crippen LogP contribution in [0.4, 0.5) is 32.0 Å². The molecule has 220 valence electrons. The second-order valence-corrected chi connectivity index (χ2v) is 7.51. The largest absolute Gasteiger partial charge is 0.490 e. The van der Waals surface area contributed by atoms with Crippen LogP contribution in [0.25, 0.3) is 0 Å². The van der Waals surface area contributed by atoms with Crippen LogP contribution in [-0.2, 0) is 20.8 Å². The Hall–Kier alpha value is -4.83. The molecule has 2 aromatic rings. The van der Waals surface area contributed by atoms with Crippen LogP contribution in [0, 0.1) is 0 Å². The van der Waals surface area contributed by atoms with Crippen molar-refractivity contribution < 1.29 is 56.0 Å². The average Bonchev–Trinajstić information content (AvgIpc) is 2.85. The van der Waals surface area contributed by atoms with Gasteiger partial charge in [-0.2, -0.15) is 36.5 Å². The minimum atomic E-state index is -5.08. The highest BCUT2D eigenvalue weighted by Crippen LogP contribution is 2.26. The van der Waals surface area contributed by atoms with Gasteiger partial charge >= 0.3 is 30.3 Å². The Bertz CT molecular complexity index is 1130. The third-order valence-corrected chi connectivity index (χ3v) is 4.55. The zero-order valence-corrected chi connectivity index (χ0v) is 20.4. The number of hydrogen-bond donors (Lipinski definition) is 6. The quantitative estimate of drug-likeness (QED) is 0.0839. The number of anilines is 1. The lowest BCUT2D eigenvalue weighted by atomic mass is 9.89. The Morgan fingerprint density at radius 2 is 1.40 bits per heavy atom. The lowest BCUT2D eigenvalue weighted by Crippen LogP contribution is -2.21. The number of nitrogens with two attached hydrogens (primary N) is 2. The van der Waals surface area contributed by atoms with Crippen LogP contribution in [0.2, 0.25) is 0 Å². The average molecular weight is 581 g/mol. The summed E-state index contributed by atoms with van der Waals surface area (Å²) in [6.45, 7) is 0. The van der Waals surface area contributed by atoms with Gasteiger partial charge in [0.05, 0.1) is 12.6 Å². The van der Waals surface area contributed by atoms with E-state index < -0.39 is 30.3 Å². The molecule has 1 atom stereocenters. The fourth-order valence-electron chi connectivity index (χ4n) is 2.80. The molecule has 0 amide bonds. The summed E-state index contributed by atoms with van der Waals surface area (Å²) in [6, 6.07) is 15.5. The fourth-order valence-corrected chi connectivity index (χ4v) is 2.80. The normalized spacial score (nSPS) is 12.1. The van der Waals surface area contributed by atoms with Gasteiger partial charge in [-0.15, -0.1) is 0 Å². The maximum Gasteiger partial charge on any atom is 0.490 e. The minimum Gasteiger partial charge on any atom is -0.481 e. The zero-order chi connectivity index (χ0) is 30.9. The van der Waals surface area contributed by atoms with Gasteiger partial charge in [0.1, 0.15) is 6.34 Å². The Kier molecular flexibility index (Phi) is 14.9. The van der Waals surface area contributed by atoms with E-state index in [4.69, 9.17) is 31.5 Å². The number of carbonyl (C=O) groups is 3. The van der Waals surface area contributed by atoms with Gasteiger partial charge in [-0.25, -0.2) is 9.59 Å². The van der Waals surface area contributed by atoms with E-state index in [0.717, 1.165) is 35.2 Å². The monoisotopic (exact) mass is 581 g/mol. The van der Waals surface area contributed by atoms with Gasteiger partial charge in [-0.1, -0.05) is 30.3 Å². The molecule has 0 radical (unpaired) electrons.